The number of rotatable bonds is 6. The molecule has 0 aromatic carbocycles. The second-order valence-electron chi connectivity index (χ2n) is 5.08. The number of hydrogen-bond acceptors (Lipinski definition) is 3. The molecule has 1 N–H and O–H groups in total. The molecule has 0 aliphatic carbocycles. The van der Waals surface area contributed by atoms with Crippen molar-refractivity contribution in [2.24, 2.45) is 5.92 Å². The predicted molar refractivity (Wildman–Crippen MR) is 66.3 cm³/mol. The summed E-state index contributed by atoms with van der Waals surface area (Å²) < 4.78 is 0. The van der Waals surface area contributed by atoms with Gasteiger partial charge in [0.05, 0.1) is 0 Å². The maximum atomic E-state index is 3.49. The highest BCUT2D eigenvalue weighted by molar-refractivity contribution is 4.69. The molecule has 0 bridgehead atoms. The largest absolute Gasteiger partial charge is 0.314 e. The van der Waals surface area contributed by atoms with Gasteiger partial charge in [-0.2, -0.15) is 0 Å². The molecule has 3 heteroatoms. The van der Waals surface area contributed by atoms with Gasteiger partial charge in [0.25, 0.3) is 0 Å². The quantitative estimate of drug-likeness (QED) is 0.661. The van der Waals surface area contributed by atoms with Crippen molar-refractivity contribution < 1.29 is 0 Å². The van der Waals surface area contributed by atoms with E-state index in [2.05, 4.69) is 36.1 Å². The maximum Gasteiger partial charge on any atom is 0.0107 e. The Morgan fingerprint density at radius 3 is 2.47 bits per heavy atom. The molecule has 1 aliphatic heterocycles. The summed E-state index contributed by atoms with van der Waals surface area (Å²) in [6, 6.07) is 0. The Morgan fingerprint density at radius 1 is 1.20 bits per heavy atom. The summed E-state index contributed by atoms with van der Waals surface area (Å²) in [7, 11) is 4.24. The molecule has 0 radical (unpaired) electrons. The summed E-state index contributed by atoms with van der Waals surface area (Å²) in [5.74, 6) is 0.947. The molecule has 0 spiro atoms. The van der Waals surface area contributed by atoms with Crippen molar-refractivity contribution in [2.45, 2.75) is 19.8 Å². The van der Waals surface area contributed by atoms with E-state index in [4.69, 9.17) is 0 Å². The topological polar surface area (TPSA) is 18.5 Å². The molecule has 15 heavy (non-hydrogen) atoms. The second kappa shape index (κ2) is 7.20. The van der Waals surface area contributed by atoms with Gasteiger partial charge in [0, 0.05) is 26.2 Å². The zero-order valence-corrected chi connectivity index (χ0v) is 10.6. The molecule has 90 valence electrons. The van der Waals surface area contributed by atoms with E-state index in [1.807, 2.05) is 0 Å². The Kier molecular flexibility index (Phi) is 6.22. The smallest absolute Gasteiger partial charge is 0.0107 e. The molecular weight excluding hydrogens is 186 g/mol. The van der Waals surface area contributed by atoms with Crippen molar-refractivity contribution in [1.29, 1.82) is 0 Å². The number of nitrogens with zero attached hydrogens (tertiary/aromatic N) is 2. The maximum absolute atomic E-state index is 3.49. The van der Waals surface area contributed by atoms with Gasteiger partial charge >= 0.3 is 0 Å². The molecule has 1 fully saturated rings. The first-order valence-electron chi connectivity index (χ1n) is 6.26. The van der Waals surface area contributed by atoms with Crippen LogP contribution in [0.5, 0.6) is 0 Å². The van der Waals surface area contributed by atoms with E-state index >= 15 is 0 Å². The van der Waals surface area contributed by atoms with Gasteiger partial charge in [-0.25, -0.2) is 0 Å². The zero-order chi connectivity index (χ0) is 11.1. The van der Waals surface area contributed by atoms with E-state index < -0.39 is 0 Å². The average molecular weight is 213 g/mol. The van der Waals surface area contributed by atoms with E-state index in [0.29, 0.717) is 0 Å². The van der Waals surface area contributed by atoms with E-state index in [9.17, 15) is 0 Å². The number of piperidine rings is 1. The molecule has 1 rings (SSSR count). The van der Waals surface area contributed by atoms with Gasteiger partial charge in [-0.1, -0.05) is 6.92 Å². The van der Waals surface area contributed by atoms with E-state index in [1.165, 1.54) is 32.5 Å². The highest BCUT2D eigenvalue weighted by atomic mass is 15.1. The standard InChI is InChI=1S/C12H27N3/c1-12-4-8-15(9-5-12)11-7-13-6-10-14(2)3/h12-13H,4-11H2,1-3H3. The van der Waals surface area contributed by atoms with Crippen LogP contribution in [0.15, 0.2) is 0 Å². The van der Waals surface area contributed by atoms with Crippen LogP contribution in [0, 0.1) is 5.92 Å². The summed E-state index contributed by atoms with van der Waals surface area (Å²) >= 11 is 0. The van der Waals surface area contributed by atoms with Gasteiger partial charge in [0.15, 0.2) is 0 Å². The van der Waals surface area contributed by atoms with Crippen LogP contribution >= 0.6 is 0 Å². The Hall–Kier alpha value is -0.120. The lowest BCUT2D eigenvalue weighted by molar-refractivity contribution is 0.192. The summed E-state index contributed by atoms with van der Waals surface area (Å²) in [6.45, 7) is 9.58. The van der Waals surface area contributed by atoms with Gasteiger partial charge in [0.1, 0.15) is 0 Å². The zero-order valence-electron chi connectivity index (χ0n) is 10.6. The number of likely N-dealkylation sites (tertiary alicyclic amines) is 1. The van der Waals surface area contributed by atoms with E-state index in [0.717, 1.165) is 25.6 Å². The molecule has 1 aliphatic rings. The van der Waals surface area contributed by atoms with Crippen LogP contribution < -0.4 is 5.32 Å². The van der Waals surface area contributed by atoms with Crippen molar-refractivity contribution in [3.63, 3.8) is 0 Å². The van der Waals surface area contributed by atoms with Crippen molar-refractivity contribution >= 4 is 0 Å². The van der Waals surface area contributed by atoms with Crippen molar-refractivity contribution in [3.8, 4) is 0 Å². The van der Waals surface area contributed by atoms with Crippen LogP contribution in [0.1, 0.15) is 19.8 Å². The molecule has 0 saturated carbocycles. The SMILES string of the molecule is CC1CCN(CCNCCN(C)C)CC1. The van der Waals surface area contributed by atoms with Crippen LogP contribution in [0.2, 0.25) is 0 Å². The minimum Gasteiger partial charge on any atom is -0.314 e. The molecule has 0 aromatic heterocycles. The minimum atomic E-state index is 0.947. The molecular formula is C12H27N3. The normalized spacial score (nSPS) is 20.0. The first-order chi connectivity index (χ1) is 7.18. The summed E-state index contributed by atoms with van der Waals surface area (Å²) in [4.78, 5) is 4.80. The summed E-state index contributed by atoms with van der Waals surface area (Å²) in [6.07, 6.45) is 2.77. The molecule has 0 amide bonds. The monoisotopic (exact) mass is 213 g/mol. The lowest BCUT2D eigenvalue weighted by atomic mass is 9.99. The van der Waals surface area contributed by atoms with Gasteiger partial charge in [-0.05, 0) is 45.9 Å². The van der Waals surface area contributed by atoms with Crippen LogP contribution in [-0.2, 0) is 0 Å². The number of nitrogens with one attached hydrogen (secondary N) is 1. The van der Waals surface area contributed by atoms with Crippen LogP contribution in [0.3, 0.4) is 0 Å². The number of likely N-dealkylation sites (N-methyl/N-ethyl adjacent to an activating group) is 1. The van der Waals surface area contributed by atoms with Gasteiger partial charge in [-0.3, -0.25) is 0 Å². The molecule has 1 heterocycles. The number of hydrogen-bond donors (Lipinski definition) is 1. The first kappa shape index (κ1) is 12.9. The highest BCUT2D eigenvalue weighted by Crippen LogP contribution is 2.14. The summed E-state index contributed by atoms with van der Waals surface area (Å²) in [5.41, 5.74) is 0. The Balaban J connectivity index is 1.91. The average Bonchev–Trinajstić information content (AvgIpc) is 2.20. The van der Waals surface area contributed by atoms with E-state index in [-0.39, 0.29) is 0 Å². The third-order valence-corrected chi connectivity index (χ3v) is 3.22. The molecule has 1 saturated heterocycles. The lowest BCUT2D eigenvalue weighted by Gasteiger charge is -2.30. The Labute approximate surface area is 94.8 Å². The Morgan fingerprint density at radius 2 is 1.87 bits per heavy atom. The minimum absolute atomic E-state index is 0.947. The molecule has 0 unspecified atom stereocenters. The summed E-state index contributed by atoms with van der Waals surface area (Å²) in [5, 5.41) is 3.49. The predicted octanol–water partition coefficient (Wildman–Crippen LogP) is 0.870. The van der Waals surface area contributed by atoms with Gasteiger partial charge < -0.3 is 15.1 Å². The lowest BCUT2D eigenvalue weighted by Crippen LogP contribution is -2.39. The van der Waals surface area contributed by atoms with E-state index in [1.54, 1.807) is 0 Å². The fraction of sp³-hybridized carbons (Fsp3) is 1.00. The Bertz CT molecular complexity index is 151. The third-order valence-electron chi connectivity index (χ3n) is 3.22. The third kappa shape index (κ3) is 6.13. The van der Waals surface area contributed by atoms with Crippen molar-refractivity contribution in [1.82, 2.24) is 15.1 Å². The molecule has 3 nitrogen and oxygen atoms in total. The highest BCUT2D eigenvalue weighted by Gasteiger charge is 2.14. The van der Waals surface area contributed by atoms with Crippen LogP contribution in [-0.4, -0.2) is 63.2 Å². The first-order valence-corrected chi connectivity index (χ1v) is 6.26. The van der Waals surface area contributed by atoms with Crippen molar-refractivity contribution in [2.75, 3.05) is 53.4 Å². The fourth-order valence-electron chi connectivity index (χ4n) is 1.95. The van der Waals surface area contributed by atoms with Gasteiger partial charge in [0.2, 0.25) is 0 Å². The fourth-order valence-corrected chi connectivity index (χ4v) is 1.95. The molecule has 0 aromatic rings. The second-order valence-corrected chi connectivity index (χ2v) is 5.08. The van der Waals surface area contributed by atoms with Crippen molar-refractivity contribution in [3.05, 3.63) is 0 Å². The van der Waals surface area contributed by atoms with Crippen LogP contribution in [0.25, 0.3) is 0 Å². The van der Waals surface area contributed by atoms with Crippen LogP contribution in [0.4, 0.5) is 0 Å². The van der Waals surface area contributed by atoms with Gasteiger partial charge in [-0.15, -0.1) is 0 Å². The molecule has 0 atom stereocenters.